The number of imide groups is 1. The lowest BCUT2D eigenvalue weighted by atomic mass is 9.43. The maximum absolute atomic E-state index is 14.2. The Hall–Kier alpha value is -3.12. The second-order valence-electron chi connectivity index (χ2n) is 16.3. The molecule has 6 rings (SSSR count). The number of carbonyl (C=O) groups is 4. The summed E-state index contributed by atoms with van der Waals surface area (Å²) in [6, 6.07) is 7.25. The van der Waals surface area contributed by atoms with Gasteiger partial charge in [-0.25, -0.2) is 14.5 Å². The smallest absolute Gasteiger partial charge is 0.444 e. The summed E-state index contributed by atoms with van der Waals surface area (Å²) in [6.45, 7) is 17.9. The fourth-order valence-electron chi connectivity index (χ4n) is 8.22. The topological polar surface area (TPSA) is 127 Å². The lowest BCUT2D eigenvalue weighted by Crippen LogP contribution is -2.65. The summed E-state index contributed by atoms with van der Waals surface area (Å²) >= 11 is 0. The Labute approximate surface area is 286 Å². The average Bonchev–Trinajstić information content (AvgIpc) is 3.54. The summed E-state index contributed by atoms with van der Waals surface area (Å²) < 4.78 is 18.6. The zero-order chi connectivity index (χ0) is 35.2. The van der Waals surface area contributed by atoms with Gasteiger partial charge in [-0.2, -0.15) is 0 Å². The molecule has 2 N–H and O–H groups in total. The number of carbonyl (C=O) groups excluding carboxylic acids is 4. The van der Waals surface area contributed by atoms with Crippen LogP contribution in [-0.2, 0) is 30.1 Å². The number of rotatable bonds is 11. The summed E-state index contributed by atoms with van der Waals surface area (Å²) in [5.74, 6) is -0.975. The summed E-state index contributed by atoms with van der Waals surface area (Å²) in [5, 5.41) is 5.76. The highest BCUT2D eigenvalue weighted by molar-refractivity contribution is 6.48. The van der Waals surface area contributed by atoms with E-state index in [1.807, 2.05) is 37.3 Å². The van der Waals surface area contributed by atoms with E-state index in [0.29, 0.717) is 31.2 Å². The van der Waals surface area contributed by atoms with Gasteiger partial charge < -0.3 is 29.6 Å². The summed E-state index contributed by atoms with van der Waals surface area (Å²) in [6.07, 6.45) is 3.20. The number of hydrogen-bond donors (Lipinski definition) is 2. The SMILES string of the molecule is CC[C@H](NC(=O)[C@@H]1CN(CCCc2ccccc2)C(=O)N1C(=O)[C@@H](NC(=O)OC(C)(C)C)C(C)C)B1O[C@@H]2CC3CC(C3(C)C)[C@]2(C)O1. The molecule has 0 radical (unpaired) electrons. The van der Waals surface area contributed by atoms with Gasteiger partial charge in [-0.3, -0.25) is 9.59 Å². The van der Waals surface area contributed by atoms with Crippen LogP contribution < -0.4 is 10.6 Å². The van der Waals surface area contributed by atoms with Gasteiger partial charge in [0.25, 0.3) is 5.91 Å². The minimum Gasteiger partial charge on any atom is -0.444 e. The number of alkyl carbamates (subject to hydrolysis) is 1. The predicted octanol–water partition coefficient (Wildman–Crippen LogP) is 4.96. The number of hydrogen-bond acceptors (Lipinski definition) is 7. The van der Waals surface area contributed by atoms with Gasteiger partial charge >= 0.3 is 19.2 Å². The monoisotopic (exact) mass is 666 g/mol. The van der Waals surface area contributed by atoms with Gasteiger partial charge in [0.2, 0.25) is 5.91 Å². The van der Waals surface area contributed by atoms with E-state index < -0.39 is 60.3 Å². The number of ether oxygens (including phenoxy) is 1. The quantitative estimate of drug-likeness (QED) is 0.320. The first kappa shape index (κ1) is 36.2. The van der Waals surface area contributed by atoms with E-state index >= 15 is 0 Å². The fraction of sp³-hybridized carbons (Fsp3) is 0.722. The lowest BCUT2D eigenvalue weighted by molar-refractivity contribution is -0.199. The minimum absolute atomic E-state index is 0.0396. The zero-order valence-corrected chi connectivity index (χ0v) is 30.2. The second-order valence-corrected chi connectivity index (χ2v) is 16.3. The third-order valence-corrected chi connectivity index (χ3v) is 11.1. The molecule has 1 aromatic rings. The molecule has 2 heterocycles. The van der Waals surface area contributed by atoms with Crippen molar-refractivity contribution in [1.82, 2.24) is 20.4 Å². The first-order valence-electron chi connectivity index (χ1n) is 17.7. The maximum Gasteiger partial charge on any atom is 0.481 e. The van der Waals surface area contributed by atoms with Crippen LogP contribution in [0, 0.1) is 23.2 Å². The van der Waals surface area contributed by atoms with Crippen molar-refractivity contribution in [2.75, 3.05) is 13.1 Å². The van der Waals surface area contributed by atoms with Gasteiger partial charge in [-0.15, -0.1) is 0 Å². The Balaban J connectivity index is 1.33. The fourth-order valence-corrected chi connectivity index (χ4v) is 8.22. The Morgan fingerprint density at radius 3 is 2.38 bits per heavy atom. The third kappa shape index (κ3) is 7.11. The molecule has 5 aliphatic rings. The standard InChI is InChI=1S/C36H55BN4O7/c1-10-28(37-47-27-20-24-19-26(35(24,7)8)36(27,9)48-37)38-30(42)25-21-40(18-14-17-23-15-12-11-13-16-23)33(45)41(25)31(43)29(22(2)3)39-32(44)46-34(4,5)6/h11-13,15-16,22,24-29H,10,14,17-21H2,1-9H3,(H,38,42)(H,39,44)/t24?,25-,26?,27+,28-,29-,36-/m0/s1. The Bertz CT molecular complexity index is 1370. The number of aryl methyl sites for hydroxylation is 1. The largest absolute Gasteiger partial charge is 0.481 e. The van der Waals surface area contributed by atoms with Gasteiger partial charge in [0.05, 0.1) is 24.2 Å². The van der Waals surface area contributed by atoms with E-state index in [9.17, 15) is 19.2 Å². The predicted molar refractivity (Wildman–Crippen MR) is 183 cm³/mol. The highest BCUT2D eigenvalue weighted by atomic mass is 16.7. The van der Waals surface area contributed by atoms with Gasteiger partial charge in [0.15, 0.2) is 0 Å². The van der Waals surface area contributed by atoms with Crippen molar-refractivity contribution in [3.63, 3.8) is 0 Å². The Morgan fingerprint density at radius 2 is 1.77 bits per heavy atom. The van der Waals surface area contributed by atoms with Crippen LogP contribution in [0.25, 0.3) is 0 Å². The van der Waals surface area contributed by atoms with Gasteiger partial charge in [0, 0.05) is 6.54 Å². The normalized spacial score (nSPS) is 28.9. The molecule has 2 saturated heterocycles. The van der Waals surface area contributed by atoms with Crippen molar-refractivity contribution in [3.05, 3.63) is 35.9 Å². The molecule has 3 aliphatic carbocycles. The van der Waals surface area contributed by atoms with E-state index in [-0.39, 0.29) is 24.0 Å². The average molecular weight is 667 g/mol. The molecular weight excluding hydrogens is 611 g/mol. The van der Waals surface area contributed by atoms with Gasteiger partial charge in [0.1, 0.15) is 17.7 Å². The van der Waals surface area contributed by atoms with E-state index in [1.54, 1.807) is 39.5 Å². The van der Waals surface area contributed by atoms with Crippen LogP contribution in [0.1, 0.15) is 93.6 Å². The van der Waals surface area contributed by atoms with Crippen molar-refractivity contribution >= 4 is 31.1 Å². The zero-order valence-electron chi connectivity index (χ0n) is 30.2. The molecule has 5 amide bonds. The number of nitrogens with one attached hydrogen (secondary N) is 2. The van der Waals surface area contributed by atoms with Crippen LogP contribution in [0.15, 0.2) is 30.3 Å². The van der Waals surface area contributed by atoms with Crippen LogP contribution in [-0.4, -0.2) is 89.3 Å². The first-order valence-corrected chi connectivity index (χ1v) is 17.7. The number of amides is 5. The van der Waals surface area contributed by atoms with Crippen LogP contribution in [0.5, 0.6) is 0 Å². The van der Waals surface area contributed by atoms with Gasteiger partial charge in [-0.1, -0.05) is 65.0 Å². The van der Waals surface area contributed by atoms with E-state index in [0.717, 1.165) is 29.7 Å². The van der Waals surface area contributed by atoms with Crippen molar-refractivity contribution in [1.29, 1.82) is 0 Å². The van der Waals surface area contributed by atoms with Crippen LogP contribution >= 0.6 is 0 Å². The summed E-state index contributed by atoms with van der Waals surface area (Å²) in [7, 11) is -0.635. The Morgan fingerprint density at radius 1 is 1.08 bits per heavy atom. The lowest BCUT2D eigenvalue weighted by Gasteiger charge is -2.64. The molecule has 12 heteroatoms. The summed E-state index contributed by atoms with van der Waals surface area (Å²) in [4.78, 5) is 57.6. The van der Waals surface area contributed by atoms with E-state index in [1.165, 1.54) is 0 Å². The molecule has 5 fully saturated rings. The third-order valence-electron chi connectivity index (χ3n) is 11.1. The second kappa shape index (κ2) is 13.7. The molecule has 0 aromatic heterocycles. The van der Waals surface area contributed by atoms with Crippen molar-refractivity contribution in [3.8, 4) is 0 Å². The molecule has 2 unspecified atom stereocenters. The van der Waals surface area contributed by atoms with E-state index in [4.69, 9.17) is 14.0 Å². The molecule has 3 saturated carbocycles. The molecule has 264 valence electrons. The highest BCUT2D eigenvalue weighted by Gasteiger charge is 2.68. The maximum atomic E-state index is 14.2. The van der Waals surface area contributed by atoms with Crippen molar-refractivity contribution in [2.45, 2.75) is 130 Å². The number of benzene rings is 1. The van der Waals surface area contributed by atoms with Gasteiger partial charge in [-0.05, 0) is 88.5 Å². The number of urea groups is 1. The van der Waals surface area contributed by atoms with E-state index in [2.05, 4.69) is 31.4 Å². The van der Waals surface area contributed by atoms with Crippen molar-refractivity contribution < 1.29 is 33.2 Å². The van der Waals surface area contributed by atoms with Crippen LogP contribution in [0.3, 0.4) is 0 Å². The molecular formula is C36H55BN4O7. The summed E-state index contributed by atoms with van der Waals surface area (Å²) in [5.41, 5.74) is 0.120. The minimum atomic E-state index is -1.09. The molecule has 1 aromatic carbocycles. The molecule has 48 heavy (non-hydrogen) atoms. The molecule has 7 atom stereocenters. The molecule has 11 nitrogen and oxygen atoms in total. The Kier molecular flexibility index (Phi) is 10.3. The molecule has 0 spiro atoms. The first-order chi connectivity index (χ1) is 22.5. The number of nitrogens with zero attached hydrogens (tertiary/aromatic N) is 2. The van der Waals surface area contributed by atoms with Crippen LogP contribution in [0.4, 0.5) is 9.59 Å². The molecule has 2 bridgehead atoms. The van der Waals surface area contributed by atoms with Crippen LogP contribution in [0.2, 0.25) is 0 Å². The highest BCUT2D eigenvalue weighted by Crippen LogP contribution is 2.65. The molecule has 2 aliphatic heterocycles. The van der Waals surface area contributed by atoms with Crippen molar-refractivity contribution in [2.24, 2.45) is 23.2 Å².